The van der Waals surface area contributed by atoms with Crippen molar-refractivity contribution in [3.8, 4) is 23.0 Å². The van der Waals surface area contributed by atoms with E-state index in [-0.39, 0.29) is 28.8 Å². The van der Waals surface area contributed by atoms with Crippen molar-refractivity contribution >= 4 is 17.9 Å². The summed E-state index contributed by atoms with van der Waals surface area (Å²) in [6, 6.07) is 18.8. The lowest BCUT2D eigenvalue weighted by Crippen LogP contribution is -2.37. The number of carbonyl (C=O) groups excluding carboxylic acids is 1. The van der Waals surface area contributed by atoms with Gasteiger partial charge in [0.2, 0.25) is 0 Å². The maximum absolute atomic E-state index is 13.2. The standard InChI is InChI=1S/C26H23NO5/c28-22-8-6-18(12-24(22)30)10-20-15-27(14-17-4-2-1-3-5-17)16-21(26(20)32)11-19-7-9-23(29)25(31)13-19/h1-13,28-31H,14-16H2/b20-10-,21-11+. The third kappa shape index (κ3) is 4.82. The van der Waals surface area contributed by atoms with Crippen molar-refractivity contribution in [1.82, 2.24) is 4.90 Å². The molecule has 6 nitrogen and oxygen atoms in total. The summed E-state index contributed by atoms with van der Waals surface area (Å²) in [6.45, 7) is 1.49. The maximum Gasteiger partial charge on any atom is 0.187 e. The Morgan fingerprint density at radius 2 is 1.19 bits per heavy atom. The van der Waals surface area contributed by atoms with Crippen molar-refractivity contribution in [2.75, 3.05) is 13.1 Å². The van der Waals surface area contributed by atoms with E-state index < -0.39 is 0 Å². The van der Waals surface area contributed by atoms with Gasteiger partial charge in [-0.3, -0.25) is 9.69 Å². The molecule has 1 aliphatic rings. The van der Waals surface area contributed by atoms with Gasteiger partial charge in [-0.15, -0.1) is 0 Å². The molecular weight excluding hydrogens is 406 g/mol. The number of rotatable bonds is 4. The Bertz CT molecular complexity index is 1140. The van der Waals surface area contributed by atoms with E-state index in [0.29, 0.717) is 41.9 Å². The second-order valence-corrected chi connectivity index (χ2v) is 7.80. The Labute approximate surface area is 185 Å². The molecule has 0 amide bonds. The number of benzene rings is 3. The van der Waals surface area contributed by atoms with E-state index in [0.717, 1.165) is 5.56 Å². The minimum atomic E-state index is -0.251. The van der Waals surface area contributed by atoms with E-state index in [1.165, 1.54) is 24.3 Å². The van der Waals surface area contributed by atoms with E-state index in [2.05, 4.69) is 4.90 Å². The highest BCUT2D eigenvalue weighted by molar-refractivity contribution is 6.14. The second-order valence-electron chi connectivity index (χ2n) is 7.80. The quantitative estimate of drug-likeness (QED) is 0.369. The van der Waals surface area contributed by atoms with Crippen molar-refractivity contribution in [2.24, 2.45) is 0 Å². The Balaban J connectivity index is 1.70. The molecule has 4 N–H and O–H groups in total. The molecule has 6 heteroatoms. The molecule has 1 heterocycles. The van der Waals surface area contributed by atoms with Crippen LogP contribution in [0.5, 0.6) is 23.0 Å². The van der Waals surface area contributed by atoms with Crippen LogP contribution in [0, 0.1) is 0 Å². The number of phenols is 4. The molecule has 3 aromatic rings. The Morgan fingerprint density at radius 1 is 0.688 bits per heavy atom. The van der Waals surface area contributed by atoms with Gasteiger partial charge in [-0.1, -0.05) is 42.5 Å². The smallest absolute Gasteiger partial charge is 0.187 e. The molecule has 1 aliphatic heterocycles. The Morgan fingerprint density at radius 3 is 1.66 bits per heavy atom. The van der Waals surface area contributed by atoms with Gasteiger partial charge in [-0.2, -0.15) is 0 Å². The zero-order chi connectivity index (χ0) is 22.7. The fraction of sp³-hybridized carbons (Fsp3) is 0.115. The van der Waals surface area contributed by atoms with Crippen molar-refractivity contribution < 1.29 is 25.2 Å². The minimum Gasteiger partial charge on any atom is -0.504 e. The number of Topliss-reactive ketones (excluding diaryl/α,β-unsaturated/α-hetero) is 1. The van der Waals surface area contributed by atoms with Crippen molar-refractivity contribution in [1.29, 1.82) is 0 Å². The largest absolute Gasteiger partial charge is 0.504 e. The van der Waals surface area contributed by atoms with Crippen LogP contribution in [-0.2, 0) is 11.3 Å². The van der Waals surface area contributed by atoms with Gasteiger partial charge in [0.15, 0.2) is 28.8 Å². The SMILES string of the molecule is O=C1/C(=C\c2ccc(O)c(O)c2)CN(Cc2ccccc2)C/C1=C\c1ccc(O)c(O)c1. The number of likely N-dealkylation sites (tertiary alicyclic amines) is 1. The lowest BCUT2D eigenvalue weighted by atomic mass is 9.93. The summed E-state index contributed by atoms with van der Waals surface area (Å²) in [5, 5.41) is 38.7. The Hall–Kier alpha value is -4.03. The Kier molecular flexibility index (Phi) is 5.96. The number of hydrogen-bond acceptors (Lipinski definition) is 6. The number of piperidine rings is 1. The third-order valence-electron chi connectivity index (χ3n) is 5.30. The maximum atomic E-state index is 13.2. The van der Waals surface area contributed by atoms with Gasteiger partial charge in [0.05, 0.1) is 0 Å². The van der Waals surface area contributed by atoms with Crippen LogP contribution in [0.4, 0.5) is 0 Å². The second kappa shape index (κ2) is 8.99. The molecule has 162 valence electrons. The van der Waals surface area contributed by atoms with Crippen molar-refractivity contribution in [3.05, 3.63) is 94.6 Å². The molecule has 0 bridgehead atoms. The predicted octanol–water partition coefficient (Wildman–Crippen LogP) is 4.06. The summed E-state index contributed by atoms with van der Waals surface area (Å²) in [4.78, 5) is 15.4. The summed E-state index contributed by atoms with van der Waals surface area (Å²) in [5.41, 5.74) is 3.42. The monoisotopic (exact) mass is 429 g/mol. The van der Waals surface area contributed by atoms with Crippen molar-refractivity contribution in [3.63, 3.8) is 0 Å². The third-order valence-corrected chi connectivity index (χ3v) is 5.30. The highest BCUT2D eigenvalue weighted by atomic mass is 16.3. The van der Waals surface area contributed by atoms with Crippen LogP contribution in [0.1, 0.15) is 16.7 Å². The molecule has 1 saturated heterocycles. The first-order valence-electron chi connectivity index (χ1n) is 10.1. The average Bonchev–Trinajstić information content (AvgIpc) is 2.77. The van der Waals surface area contributed by atoms with Gasteiger partial charge in [0.1, 0.15) is 0 Å². The van der Waals surface area contributed by atoms with E-state index in [9.17, 15) is 25.2 Å². The molecule has 0 saturated carbocycles. The molecule has 4 rings (SSSR count). The van der Waals surface area contributed by atoms with Gasteiger partial charge in [0, 0.05) is 30.8 Å². The number of carbonyl (C=O) groups is 1. The van der Waals surface area contributed by atoms with E-state index in [4.69, 9.17) is 0 Å². The first-order valence-corrected chi connectivity index (χ1v) is 10.1. The van der Waals surface area contributed by atoms with Crippen LogP contribution in [0.3, 0.4) is 0 Å². The fourth-order valence-electron chi connectivity index (χ4n) is 3.73. The summed E-state index contributed by atoms with van der Waals surface area (Å²) in [7, 11) is 0. The normalized spacial score (nSPS) is 17.2. The van der Waals surface area contributed by atoms with Crippen LogP contribution in [0.15, 0.2) is 77.9 Å². The average molecular weight is 429 g/mol. The van der Waals surface area contributed by atoms with Crippen LogP contribution in [-0.4, -0.2) is 44.2 Å². The van der Waals surface area contributed by atoms with Crippen LogP contribution in [0.2, 0.25) is 0 Å². The van der Waals surface area contributed by atoms with Gasteiger partial charge in [-0.05, 0) is 53.1 Å². The molecule has 0 aliphatic carbocycles. The first-order chi connectivity index (χ1) is 15.4. The summed E-state index contributed by atoms with van der Waals surface area (Å²) in [6.07, 6.45) is 3.42. The molecule has 0 atom stereocenters. The minimum absolute atomic E-state index is 0.130. The lowest BCUT2D eigenvalue weighted by molar-refractivity contribution is -0.113. The number of hydrogen-bond donors (Lipinski definition) is 4. The number of nitrogens with zero attached hydrogens (tertiary/aromatic N) is 1. The van der Waals surface area contributed by atoms with Gasteiger partial charge >= 0.3 is 0 Å². The predicted molar refractivity (Wildman–Crippen MR) is 122 cm³/mol. The molecule has 32 heavy (non-hydrogen) atoms. The van der Waals surface area contributed by atoms with Gasteiger partial charge in [-0.25, -0.2) is 0 Å². The molecule has 3 aromatic carbocycles. The van der Waals surface area contributed by atoms with Gasteiger partial charge < -0.3 is 20.4 Å². The molecule has 0 unspecified atom stereocenters. The molecule has 1 fully saturated rings. The topological polar surface area (TPSA) is 101 Å². The van der Waals surface area contributed by atoms with E-state index in [1.54, 1.807) is 24.3 Å². The van der Waals surface area contributed by atoms with Crippen LogP contribution < -0.4 is 0 Å². The molecular formula is C26H23NO5. The number of phenolic OH excluding ortho intramolecular Hbond substituents is 4. The van der Waals surface area contributed by atoms with Crippen LogP contribution >= 0.6 is 0 Å². The first kappa shape index (κ1) is 21.2. The number of ketones is 1. The van der Waals surface area contributed by atoms with Gasteiger partial charge in [0.25, 0.3) is 0 Å². The summed E-state index contributed by atoms with van der Waals surface area (Å²) < 4.78 is 0. The van der Waals surface area contributed by atoms with E-state index >= 15 is 0 Å². The molecule has 0 radical (unpaired) electrons. The fourth-order valence-corrected chi connectivity index (χ4v) is 3.73. The zero-order valence-electron chi connectivity index (χ0n) is 17.3. The summed E-state index contributed by atoms with van der Waals surface area (Å²) >= 11 is 0. The lowest BCUT2D eigenvalue weighted by Gasteiger charge is -2.30. The summed E-state index contributed by atoms with van der Waals surface area (Å²) in [5.74, 6) is -1.08. The number of aromatic hydroxyl groups is 4. The zero-order valence-corrected chi connectivity index (χ0v) is 17.3. The molecule has 0 spiro atoms. The van der Waals surface area contributed by atoms with E-state index in [1.807, 2.05) is 30.3 Å². The van der Waals surface area contributed by atoms with Crippen molar-refractivity contribution in [2.45, 2.75) is 6.54 Å². The highest BCUT2D eigenvalue weighted by Crippen LogP contribution is 2.30. The molecule has 0 aromatic heterocycles. The highest BCUT2D eigenvalue weighted by Gasteiger charge is 2.26. The van der Waals surface area contributed by atoms with Crippen LogP contribution in [0.25, 0.3) is 12.2 Å².